The second kappa shape index (κ2) is 7.38. The lowest BCUT2D eigenvalue weighted by Gasteiger charge is -2.09. The number of hydrogen-bond donors (Lipinski definition) is 4. The molecule has 0 unspecified atom stereocenters. The fraction of sp³-hybridized carbons (Fsp3) is 0.273. The molecule has 4 N–H and O–H groups in total. The van der Waals surface area contributed by atoms with Crippen LogP contribution in [0.2, 0.25) is 0 Å². The van der Waals surface area contributed by atoms with Gasteiger partial charge in [0, 0.05) is 34.0 Å². The zero-order valence-corrected chi connectivity index (χ0v) is 16.1. The standard InChI is InChI=1S/C22H24N4O2/c1-13-3-10-20-19(11-13)18(14(2)23-20)12-21(27)24-15-4-6-16(7-5-15)25-22(28)26-17-8-9-17/h3-7,10-11,17,23H,8-9,12H2,1-2H3,(H,24,27)(H2,25,26,28). The fourth-order valence-electron chi connectivity index (χ4n) is 3.31. The van der Waals surface area contributed by atoms with Gasteiger partial charge in [-0.1, -0.05) is 11.6 Å². The number of carbonyl (C=O) groups is 2. The Labute approximate surface area is 163 Å². The number of rotatable bonds is 5. The average Bonchev–Trinajstić information content (AvgIpc) is 3.41. The lowest BCUT2D eigenvalue weighted by atomic mass is 10.1. The average molecular weight is 376 g/mol. The number of urea groups is 1. The van der Waals surface area contributed by atoms with E-state index in [9.17, 15) is 9.59 Å². The Kier molecular flexibility index (Phi) is 4.77. The van der Waals surface area contributed by atoms with Crippen LogP contribution in [0.4, 0.5) is 16.2 Å². The van der Waals surface area contributed by atoms with E-state index in [-0.39, 0.29) is 11.9 Å². The molecule has 0 atom stereocenters. The summed E-state index contributed by atoms with van der Waals surface area (Å²) < 4.78 is 0. The van der Waals surface area contributed by atoms with Crippen molar-refractivity contribution < 1.29 is 9.59 Å². The van der Waals surface area contributed by atoms with Gasteiger partial charge in [-0.2, -0.15) is 0 Å². The number of hydrogen-bond acceptors (Lipinski definition) is 2. The second-order valence-corrected chi connectivity index (χ2v) is 7.45. The van der Waals surface area contributed by atoms with Crippen LogP contribution < -0.4 is 16.0 Å². The molecule has 1 saturated carbocycles. The first kappa shape index (κ1) is 18.1. The Morgan fingerprint density at radius 1 is 1.00 bits per heavy atom. The van der Waals surface area contributed by atoms with Crippen molar-refractivity contribution in [3.8, 4) is 0 Å². The molecule has 0 spiro atoms. The zero-order chi connectivity index (χ0) is 19.7. The van der Waals surface area contributed by atoms with E-state index in [1.54, 1.807) is 24.3 Å². The van der Waals surface area contributed by atoms with Crippen LogP contribution in [0, 0.1) is 13.8 Å². The summed E-state index contributed by atoms with van der Waals surface area (Å²) in [6.45, 7) is 4.04. The summed E-state index contributed by atoms with van der Waals surface area (Å²) in [6, 6.07) is 13.5. The third kappa shape index (κ3) is 4.17. The van der Waals surface area contributed by atoms with Gasteiger partial charge in [0.1, 0.15) is 0 Å². The maximum atomic E-state index is 12.5. The number of aromatic amines is 1. The quantitative estimate of drug-likeness (QED) is 0.537. The Balaban J connectivity index is 1.39. The molecule has 2 aromatic carbocycles. The normalized spacial score (nSPS) is 13.4. The summed E-state index contributed by atoms with van der Waals surface area (Å²) in [5.41, 5.74) is 5.64. The topological polar surface area (TPSA) is 86.0 Å². The number of amides is 3. The monoisotopic (exact) mass is 376 g/mol. The minimum atomic E-state index is -0.190. The van der Waals surface area contributed by atoms with E-state index in [2.05, 4.69) is 33.1 Å². The van der Waals surface area contributed by atoms with Crippen LogP contribution in [0.25, 0.3) is 10.9 Å². The van der Waals surface area contributed by atoms with E-state index in [4.69, 9.17) is 0 Å². The summed E-state index contributed by atoms with van der Waals surface area (Å²) in [5, 5.41) is 9.69. The lowest BCUT2D eigenvalue weighted by molar-refractivity contribution is -0.115. The SMILES string of the molecule is Cc1ccc2[nH]c(C)c(CC(=O)Nc3ccc(NC(=O)NC4CC4)cc3)c2c1. The molecular weight excluding hydrogens is 352 g/mol. The minimum Gasteiger partial charge on any atom is -0.358 e. The van der Waals surface area contributed by atoms with Crippen LogP contribution in [0.5, 0.6) is 0 Å². The van der Waals surface area contributed by atoms with E-state index in [0.29, 0.717) is 23.8 Å². The number of fused-ring (bicyclic) bond motifs is 1. The van der Waals surface area contributed by atoms with Gasteiger partial charge in [0.25, 0.3) is 0 Å². The van der Waals surface area contributed by atoms with Crippen molar-refractivity contribution in [3.05, 3.63) is 59.3 Å². The second-order valence-electron chi connectivity index (χ2n) is 7.45. The van der Waals surface area contributed by atoms with Gasteiger partial charge >= 0.3 is 6.03 Å². The molecular formula is C22H24N4O2. The third-order valence-corrected chi connectivity index (χ3v) is 4.95. The molecule has 0 saturated heterocycles. The predicted octanol–water partition coefficient (Wildman–Crippen LogP) is 4.25. The van der Waals surface area contributed by atoms with Crippen LogP contribution in [-0.4, -0.2) is 23.0 Å². The van der Waals surface area contributed by atoms with E-state index >= 15 is 0 Å². The molecule has 4 rings (SSSR count). The third-order valence-electron chi connectivity index (χ3n) is 4.95. The summed E-state index contributed by atoms with van der Waals surface area (Å²) in [5.74, 6) is -0.0716. The first-order valence-corrected chi connectivity index (χ1v) is 9.53. The Morgan fingerprint density at radius 3 is 2.36 bits per heavy atom. The molecule has 1 aliphatic rings. The van der Waals surface area contributed by atoms with Gasteiger partial charge in [0.05, 0.1) is 6.42 Å². The van der Waals surface area contributed by atoms with Gasteiger partial charge in [-0.15, -0.1) is 0 Å². The fourth-order valence-corrected chi connectivity index (χ4v) is 3.31. The molecule has 1 aromatic heterocycles. The highest BCUT2D eigenvalue weighted by Crippen LogP contribution is 2.24. The highest BCUT2D eigenvalue weighted by Gasteiger charge is 2.23. The molecule has 3 amide bonds. The van der Waals surface area contributed by atoms with Crippen molar-refractivity contribution in [1.29, 1.82) is 0 Å². The van der Waals surface area contributed by atoms with Gasteiger partial charge in [-0.25, -0.2) is 4.79 Å². The molecule has 6 heteroatoms. The van der Waals surface area contributed by atoms with Gasteiger partial charge in [-0.05, 0) is 68.7 Å². The lowest BCUT2D eigenvalue weighted by Crippen LogP contribution is -2.30. The smallest absolute Gasteiger partial charge is 0.319 e. The number of aryl methyl sites for hydroxylation is 2. The van der Waals surface area contributed by atoms with Crippen molar-refractivity contribution in [3.63, 3.8) is 0 Å². The zero-order valence-electron chi connectivity index (χ0n) is 16.1. The van der Waals surface area contributed by atoms with Crippen LogP contribution in [0.15, 0.2) is 42.5 Å². The summed E-state index contributed by atoms with van der Waals surface area (Å²) in [4.78, 5) is 27.7. The van der Waals surface area contributed by atoms with E-state index in [0.717, 1.165) is 35.0 Å². The van der Waals surface area contributed by atoms with Gasteiger partial charge in [0.2, 0.25) is 5.91 Å². The maximum absolute atomic E-state index is 12.5. The minimum absolute atomic E-state index is 0.0716. The Bertz CT molecular complexity index is 1030. The highest BCUT2D eigenvalue weighted by atomic mass is 16.2. The van der Waals surface area contributed by atoms with Crippen LogP contribution in [-0.2, 0) is 11.2 Å². The predicted molar refractivity (Wildman–Crippen MR) is 112 cm³/mol. The van der Waals surface area contributed by atoms with Crippen molar-refractivity contribution in [2.45, 2.75) is 39.2 Å². The van der Waals surface area contributed by atoms with E-state index in [1.165, 1.54) is 5.56 Å². The number of carbonyl (C=O) groups excluding carboxylic acids is 2. The molecule has 0 radical (unpaired) electrons. The molecule has 3 aromatic rings. The first-order valence-electron chi connectivity index (χ1n) is 9.53. The maximum Gasteiger partial charge on any atom is 0.319 e. The van der Waals surface area contributed by atoms with Crippen LogP contribution in [0.1, 0.15) is 29.7 Å². The molecule has 1 fully saturated rings. The summed E-state index contributed by atoms with van der Waals surface area (Å²) in [6.07, 6.45) is 2.40. The van der Waals surface area contributed by atoms with Gasteiger partial charge < -0.3 is 20.9 Å². The Hall–Kier alpha value is -3.28. The van der Waals surface area contributed by atoms with Crippen LogP contribution >= 0.6 is 0 Å². The Morgan fingerprint density at radius 2 is 1.68 bits per heavy atom. The molecule has 1 heterocycles. The molecule has 1 aliphatic carbocycles. The number of anilines is 2. The van der Waals surface area contributed by atoms with Crippen LogP contribution in [0.3, 0.4) is 0 Å². The van der Waals surface area contributed by atoms with Crippen molar-refractivity contribution in [2.24, 2.45) is 0 Å². The van der Waals surface area contributed by atoms with Gasteiger partial charge in [0.15, 0.2) is 0 Å². The molecule has 0 aliphatic heterocycles. The summed E-state index contributed by atoms with van der Waals surface area (Å²) in [7, 11) is 0. The first-order chi connectivity index (χ1) is 13.5. The molecule has 0 bridgehead atoms. The number of benzene rings is 2. The van der Waals surface area contributed by atoms with Crippen molar-refractivity contribution in [2.75, 3.05) is 10.6 Å². The van der Waals surface area contributed by atoms with Gasteiger partial charge in [-0.3, -0.25) is 4.79 Å². The molecule has 28 heavy (non-hydrogen) atoms. The van der Waals surface area contributed by atoms with Crippen molar-refractivity contribution in [1.82, 2.24) is 10.3 Å². The van der Waals surface area contributed by atoms with Crippen molar-refractivity contribution >= 4 is 34.2 Å². The van der Waals surface area contributed by atoms with E-state index < -0.39 is 0 Å². The number of nitrogens with one attached hydrogen (secondary N) is 4. The number of aromatic nitrogens is 1. The largest absolute Gasteiger partial charge is 0.358 e. The number of H-pyrrole nitrogens is 1. The van der Waals surface area contributed by atoms with E-state index in [1.807, 2.05) is 19.9 Å². The summed E-state index contributed by atoms with van der Waals surface area (Å²) >= 11 is 0. The molecule has 144 valence electrons. The highest BCUT2D eigenvalue weighted by molar-refractivity contribution is 5.97. The molecule has 6 nitrogen and oxygen atoms in total.